The number of hydrogen-bond donors (Lipinski definition) is 1. The lowest BCUT2D eigenvalue weighted by Crippen LogP contribution is -2.16. The van der Waals surface area contributed by atoms with Gasteiger partial charge >= 0.3 is 0 Å². The molecule has 0 aliphatic carbocycles. The summed E-state index contributed by atoms with van der Waals surface area (Å²) >= 11 is 3.21. The molecular formula is C20H22N8S2. The third-order valence-electron chi connectivity index (χ3n) is 4.35. The van der Waals surface area contributed by atoms with E-state index < -0.39 is 0 Å². The van der Waals surface area contributed by atoms with Crippen LogP contribution in [0.25, 0.3) is 10.7 Å². The lowest BCUT2D eigenvalue weighted by atomic mass is 10.2. The van der Waals surface area contributed by atoms with Gasteiger partial charge in [-0.3, -0.25) is 4.57 Å². The molecule has 8 nitrogen and oxygen atoms in total. The van der Waals surface area contributed by atoms with Gasteiger partial charge in [0.1, 0.15) is 5.82 Å². The highest BCUT2D eigenvalue weighted by atomic mass is 32.2. The highest BCUT2D eigenvalue weighted by molar-refractivity contribution is 7.99. The van der Waals surface area contributed by atoms with Crippen molar-refractivity contribution in [3.8, 4) is 10.7 Å². The molecule has 0 unspecified atom stereocenters. The summed E-state index contributed by atoms with van der Waals surface area (Å²) in [5.74, 6) is 2.21. The molecule has 2 N–H and O–H groups in total. The first kappa shape index (κ1) is 20.3. The van der Waals surface area contributed by atoms with Crippen LogP contribution in [0.15, 0.2) is 53.0 Å². The molecular weight excluding hydrogens is 416 g/mol. The van der Waals surface area contributed by atoms with Gasteiger partial charge in [0.2, 0.25) is 11.9 Å². The van der Waals surface area contributed by atoms with Crippen molar-refractivity contribution in [3.63, 3.8) is 0 Å². The van der Waals surface area contributed by atoms with E-state index in [-0.39, 0.29) is 11.2 Å². The summed E-state index contributed by atoms with van der Waals surface area (Å²) in [5, 5.41) is 11.7. The van der Waals surface area contributed by atoms with E-state index in [1.807, 2.05) is 55.6 Å². The van der Waals surface area contributed by atoms with Gasteiger partial charge in [-0.2, -0.15) is 15.0 Å². The second kappa shape index (κ2) is 8.80. The summed E-state index contributed by atoms with van der Waals surface area (Å²) in [7, 11) is 3.75. The van der Waals surface area contributed by atoms with Crippen molar-refractivity contribution in [3.05, 3.63) is 59.2 Å². The van der Waals surface area contributed by atoms with Crippen molar-refractivity contribution in [2.75, 3.05) is 24.7 Å². The Morgan fingerprint density at radius 1 is 1.07 bits per heavy atom. The molecule has 0 saturated carbocycles. The van der Waals surface area contributed by atoms with Crippen LogP contribution in [0.4, 0.5) is 11.9 Å². The SMILES string of the molecule is C[C@@H](Sc1nnc(-c2cccs2)n1Cc1ccccc1)c1nc(N)nc(N(C)C)n1. The van der Waals surface area contributed by atoms with Crippen LogP contribution in [0, 0.1) is 0 Å². The first-order valence-corrected chi connectivity index (χ1v) is 11.1. The molecule has 0 bridgehead atoms. The van der Waals surface area contributed by atoms with Crippen molar-refractivity contribution in [2.45, 2.75) is 23.9 Å². The minimum absolute atomic E-state index is 0.0797. The number of anilines is 2. The molecule has 0 aliphatic rings. The van der Waals surface area contributed by atoms with Crippen LogP contribution in [0.1, 0.15) is 23.6 Å². The zero-order valence-electron chi connectivity index (χ0n) is 16.9. The Labute approximate surface area is 183 Å². The first-order chi connectivity index (χ1) is 14.5. The Hall–Kier alpha value is -2.98. The van der Waals surface area contributed by atoms with E-state index in [4.69, 9.17) is 5.73 Å². The highest BCUT2D eigenvalue weighted by Gasteiger charge is 2.21. The molecule has 3 heterocycles. The summed E-state index contributed by atoms with van der Waals surface area (Å²) in [5.41, 5.74) is 7.08. The summed E-state index contributed by atoms with van der Waals surface area (Å²) in [6.45, 7) is 2.71. The van der Waals surface area contributed by atoms with Crippen LogP contribution < -0.4 is 10.6 Å². The maximum absolute atomic E-state index is 5.90. The molecule has 0 radical (unpaired) electrons. The van der Waals surface area contributed by atoms with Crippen LogP contribution in [0.5, 0.6) is 0 Å². The molecule has 0 amide bonds. The van der Waals surface area contributed by atoms with Gasteiger partial charge in [0.05, 0.1) is 16.7 Å². The fraction of sp³-hybridized carbons (Fsp3) is 0.250. The van der Waals surface area contributed by atoms with E-state index in [2.05, 4.69) is 47.9 Å². The van der Waals surface area contributed by atoms with Crippen molar-refractivity contribution in [2.24, 2.45) is 0 Å². The largest absolute Gasteiger partial charge is 0.368 e. The van der Waals surface area contributed by atoms with Crippen LogP contribution >= 0.6 is 23.1 Å². The zero-order valence-corrected chi connectivity index (χ0v) is 18.6. The van der Waals surface area contributed by atoms with Crippen molar-refractivity contribution < 1.29 is 0 Å². The number of nitrogen functional groups attached to an aromatic ring is 1. The Balaban J connectivity index is 1.67. The quantitative estimate of drug-likeness (QED) is 0.436. The van der Waals surface area contributed by atoms with Gasteiger partial charge in [-0.15, -0.1) is 21.5 Å². The average Bonchev–Trinajstić information content (AvgIpc) is 3.39. The van der Waals surface area contributed by atoms with E-state index in [9.17, 15) is 0 Å². The van der Waals surface area contributed by atoms with Gasteiger partial charge in [0, 0.05) is 14.1 Å². The highest BCUT2D eigenvalue weighted by Crippen LogP contribution is 2.35. The fourth-order valence-electron chi connectivity index (χ4n) is 2.86. The standard InChI is InChI=1S/C20H22N8S2/c1-13(16-22-18(21)24-19(23-16)27(2)3)30-20-26-25-17(15-10-7-11-29-15)28(20)12-14-8-5-4-6-9-14/h4-11,13H,12H2,1-3H3,(H2,21,22,23,24)/t13-/m1/s1. The lowest BCUT2D eigenvalue weighted by molar-refractivity contribution is 0.712. The molecule has 30 heavy (non-hydrogen) atoms. The van der Waals surface area contributed by atoms with Gasteiger partial charge in [0.25, 0.3) is 0 Å². The molecule has 0 saturated heterocycles. The number of nitrogens with two attached hydrogens (primary N) is 1. The Morgan fingerprint density at radius 3 is 2.57 bits per heavy atom. The predicted molar refractivity (Wildman–Crippen MR) is 122 cm³/mol. The van der Waals surface area contributed by atoms with E-state index in [1.165, 1.54) is 5.56 Å². The number of aromatic nitrogens is 6. The molecule has 0 aliphatic heterocycles. The third kappa shape index (κ3) is 4.44. The molecule has 1 aromatic carbocycles. The fourth-order valence-corrected chi connectivity index (χ4v) is 4.47. The molecule has 4 aromatic rings. The maximum Gasteiger partial charge on any atom is 0.229 e. The predicted octanol–water partition coefficient (Wildman–Crippen LogP) is 3.74. The van der Waals surface area contributed by atoms with Crippen molar-refractivity contribution in [1.29, 1.82) is 0 Å². The second-order valence-corrected chi connectivity index (χ2v) is 9.12. The van der Waals surface area contributed by atoms with E-state index >= 15 is 0 Å². The van der Waals surface area contributed by atoms with Gasteiger partial charge in [-0.05, 0) is 23.9 Å². The van der Waals surface area contributed by atoms with E-state index in [0.717, 1.165) is 15.9 Å². The smallest absolute Gasteiger partial charge is 0.229 e. The Kier molecular flexibility index (Phi) is 5.96. The molecule has 10 heteroatoms. The number of thioether (sulfide) groups is 1. The summed E-state index contributed by atoms with van der Waals surface area (Å²) in [6, 6.07) is 14.4. The van der Waals surface area contributed by atoms with Crippen LogP contribution in [-0.2, 0) is 6.54 Å². The molecule has 0 fully saturated rings. The van der Waals surface area contributed by atoms with Crippen molar-refractivity contribution >= 4 is 35.0 Å². The zero-order chi connectivity index (χ0) is 21.1. The minimum atomic E-state index is -0.0797. The molecule has 154 valence electrons. The second-order valence-electron chi connectivity index (χ2n) is 6.86. The van der Waals surface area contributed by atoms with Crippen LogP contribution in [0.2, 0.25) is 0 Å². The van der Waals surface area contributed by atoms with E-state index in [1.54, 1.807) is 23.1 Å². The number of benzene rings is 1. The molecule has 1 atom stereocenters. The van der Waals surface area contributed by atoms with Gasteiger partial charge in [-0.1, -0.05) is 48.2 Å². The number of hydrogen-bond acceptors (Lipinski definition) is 9. The van der Waals surface area contributed by atoms with E-state index in [0.29, 0.717) is 18.3 Å². The normalized spacial score (nSPS) is 12.1. The van der Waals surface area contributed by atoms with Gasteiger partial charge < -0.3 is 10.6 Å². The number of nitrogens with zero attached hydrogens (tertiary/aromatic N) is 7. The lowest BCUT2D eigenvalue weighted by Gasteiger charge is -2.15. The molecule has 4 rings (SSSR count). The van der Waals surface area contributed by atoms with Crippen LogP contribution in [-0.4, -0.2) is 43.8 Å². The summed E-state index contributed by atoms with van der Waals surface area (Å²) < 4.78 is 2.14. The topological polar surface area (TPSA) is 98.6 Å². The van der Waals surface area contributed by atoms with Crippen LogP contribution in [0.3, 0.4) is 0 Å². The van der Waals surface area contributed by atoms with Crippen molar-refractivity contribution in [1.82, 2.24) is 29.7 Å². The monoisotopic (exact) mass is 438 g/mol. The molecule has 3 aromatic heterocycles. The maximum atomic E-state index is 5.90. The molecule has 0 spiro atoms. The third-order valence-corrected chi connectivity index (χ3v) is 6.29. The average molecular weight is 439 g/mol. The minimum Gasteiger partial charge on any atom is -0.368 e. The Morgan fingerprint density at radius 2 is 1.87 bits per heavy atom. The Bertz CT molecular complexity index is 1110. The first-order valence-electron chi connectivity index (χ1n) is 9.37. The number of thiophene rings is 1. The van der Waals surface area contributed by atoms with Gasteiger partial charge in [0.15, 0.2) is 11.0 Å². The summed E-state index contributed by atoms with van der Waals surface area (Å²) in [6.07, 6.45) is 0. The summed E-state index contributed by atoms with van der Waals surface area (Å²) in [4.78, 5) is 15.9. The van der Waals surface area contributed by atoms with Gasteiger partial charge in [-0.25, -0.2) is 0 Å². The number of rotatable bonds is 7.